The number of anilines is 1. The molecule has 1 aliphatic heterocycles. The van der Waals surface area contributed by atoms with Gasteiger partial charge >= 0.3 is 0 Å². The minimum absolute atomic E-state index is 0.0466. The number of fused-ring (bicyclic) bond motifs is 3. The van der Waals surface area contributed by atoms with Crippen molar-refractivity contribution >= 4 is 22.8 Å². The fraction of sp³-hybridized carbons (Fsp3) is 0.273. The van der Waals surface area contributed by atoms with Crippen LogP contribution in [0.3, 0.4) is 0 Å². The van der Waals surface area contributed by atoms with Crippen LogP contribution in [0.5, 0.6) is 0 Å². The largest absolute Gasteiger partial charge is 0.384 e. The van der Waals surface area contributed by atoms with Gasteiger partial charge in [0.25, 0.3) is 5.91 Å². The maximum atomic E-state index is 11.7. The summed E-state index contributed by atoms with van der Waals surface area (Å²) in [5.74, 6) is 0.432. The lowest BCUT2D eigenvalue weighted by Crippen LogP contribution is -2.37. The van der Waals surface area contributed by atoms with E-state index in [9.17, 15) is 4.79 Å². The van der Waals surface area contributed by atoms with E-state index in [1.54, 1.807) is 6.07 Å². The molecule has 16 heavy (non-hydrogen) atoms. The van der Waals surface area contributed by atoms with Crippen molar-refractivity contribution in [3.63, 3.8) is 0 Å². The molecule has 3 heterocycles. The zero-order valence-corrected chi connectivity index (χ0v) is 8.90. The van der Waals surface area contributed by atoms with Crippen LogP contribution >= 0.6 is 0 Å². The Kier molecular flexibility index (Phi) is 1.71. The Morgan fingerprint density at radius 2 is 2.38 bits per heavy atom. The van der Waals surface area contributed by atoms with E-state index in [-0.39, 0.29) is 11.9 Å². The predicted molar refractivity (Wildman–Crippen MR) is 61.2 cm³/mol. The Morgan fingerprint density at radius 1 is 1.56 bits per heavy atom. The molecule has 1 atom stereocenters. The highest BCUT2D eigenvalue weighted by Crippen LogP contribution is 2.25. The summed E-state index contributed by atoms with van der Waals surface area (Å²) in [6.45, 7) is 2.68. The van der Waals surface area contributed by atoms with E-state index in [4.69, 9.17) is 5.73 Å². The maximum absolute atomic E-state index is 11.7. The Balaban J connectivity index is 2.38. The number of nitrogens with zero attached hydrogens (tertiary/aromatic N) is 2. The van der Waals surface area contributed by atoms with Crippen molar-refractivity contribution in [1.29, 1.82) is 0 Å². The van der Waals surface area contributed by atoms with Crippen LogP contribution in [0.15, 0.2) is 18.2 Å². The molecule has 0 saturated heterocycles. The van der Waals surface area contributed by atoms with E-state index in [1.807, 2.05) is 23.6 Å². The van der Waals surface area contributed by atoms with Crippen molar-refractivity contribution in [2.45, 2.75) is 13.0 Å². The van der Waals surface area contributed by atoms with E-state index < -0.39 is 0 Å². The van der Waals surface area contributed by atoms with Gasteiger partial charge in [-0.05, 0) is 25.1 Å². The molecule has 0 unspecified atom stereocenters. The van der Waals surface area contributed by atoms with Crippen molar-refractivity contribution in [1.82, 2.24) is 14.9 Å². The molecule has 5 nitrogen and oxygen atoms in total. The summed E-state index contributed by atoms with van der Waals surface area (Å²) in [5.41, 5.74) is 7.12. The number of pyridine rings is 1. The summed E-state index contributed by atoms with van der Waals surface area (Å²) in [6.07, 6.45) is 0. The maximum Gasteiger partial charge on any atom is 0.268 e. The van der Waals surface area contributed by atoms with Gasteiger partial charge in [0, 0.05) is 11.9 Å². The van der Waals surface area contributed by atoms with Crippen LogP contribution in [0.25, 0.3) is 11.0 Å². The van der Waals surface area contributed by atoms with Gasteiger partial charge in [-0.1, -0.05) is 0 Å². The number of nitrogens with one attached hydrogen (secondary N) is 1. The van der Waals surface area contributed by atoms with Gasteiger partial charge in [-0.15, -0.1) is 0 Å². The topological polar surface area (TPSA) is 72.9 Å². The number of nitrogen functional groups attached to an aromatic ring is 1. The van der Waals surface area contributed by atoms with Crippen LogP contribution in [0.4, 0.5) is 5.82 Å². The van der Waals surface area contributed by atoms with Gasteiger partial charge < -0.3 is 15.6 Å². The number of amides is 1. The molecule has 1 aliphatic rings. The Bertz CT molecular complexity index is 587. The monoisotopic (exact) mass is 216 g/mol. The smallest absolute Gasteiger partial charge is 0.268 e. The van der Waals surface area contributed by atoms with Gasteiger partial charge in [-0.25, -0.2) is 4.98 Å². The molecule has 0 radical (unpaired) electrons. The molecule has 5 heteroatoms. The number of nitrogens with two attached hydrogens (primary N) is 1. The summed E-state index contributed by atoms with van der Waals surface area (Å²) in [4.78, 5) is 16.0. The van der Waals surface area contributed by atoms with Crippen molar-refractivity contribution in [2.75, 3.05) is 12.3 Å². The quantitative estimate of drug-likeness (QED) is 0.687. The first kappa shape index (κ1) is 9.21. The van der Waals surface area contributed by atoms with Crippen LogP contribution in [0.1, 0.15) is 23.5 Å². The molecule has 2 aromatic heterocycles. The van der Waals surface area contributed by atoms with Crippen LogP contribution < -0.4 is 11.1 Å². The number of carbonyl (C=O) groups excluding carboxylic acids is 1. The van der Waals surface area contributed by atoms with Gasteiger partial charge in [-0.3, -0.25) is 4.79 Å². The summed E-state index contributed by atoms with van der Waals surface area (Å²) >= 11 is 0. The first-order chi connectivity index (χ1) is 7.66. The first-order valence-corrected chi connectivity index (χ1v) is 5.22. The highest BCUT2D eigenvalue weighted by molar-refractivity contribution is 5.99. The molecule has 0 spiro atoms. The van der Waals surface area contributed by atoms with Crippen molar-refractivity contribution in [3.05, 3.63) is 23.9 Å². The molecule has 0 fully saturated rings. The molecule has 2 aromatic rings. The number of hydrogen-bond acceptors (Lipinski definition) is 3. The third-order valence-corrected chi connectivity index (χ3v) is 2.94. The molecule has 3 N–H and O–H groups in total. The molecule has 82 valence electrons. The Labute approximate surface area is 92.3 Å². The zero-order chi connectivity index (χ0) is 11.3. The highest BCUT2D eigenvalue weighted by atomic mass is 16.2. The van der Waals surface area contributed by atoms with Gasteiger partial charge in [-0.2, -0.15) is 0 Å². The minimum Gasteiger partial charge on any atom is -0.384 e. The molecule has 0 aliphatic carbocycles. The molecular weight excluding hydrogens is 204 g/mol. The van der Waals surface area contributed by atoms with E-state index in [1.165, 1.54) is 0 Å². The molecule has 0 bridgehead atoms. The van der Waals surface area contributed by atoms with Gasteiger partial charge in [0.2, 0.25) is 0 Å². The third kappa shape index (κ3) is 1.11. The summed E-state index contributed by atoms with van der Waals surface area (Å²) in [7, 11) is 0. The summed E-state index contributed by atoms with van der Waals surface area (Å²) in [5, 5.41) is 3.80. The lowest BCUT2D eigenvalue weighted by atomic mass is 10.2. The van der Waals surface area contributed by atoms with Gasteiger partial charge in [0.05, 0.1) is 6.04 Å². The SMILES string of the molecule is C[C@@H]1CNC(=O)c2cc3ccc(N)nc3n21. The molecular formula is C11H12N4O. The second-order valence-corrected chi connectivity index (χ2v) is 4.11. The minimum atomic E-state index is -0.0466. The molecule has 0 aromatic carbocycles. The lowest BCUT2D eigenvalue weighted by molar-refractivity contribution is 0.0919. The van der Waals surface area contributed by atoms with Crippen LogP contribution in [0.2, 0.25) is 0 Å². The Morgan fingerprint density at radius 3 is 3.19 bits per heavy atom. The van der Waals surface area contributed by atoms with E-state index >= 15 is 0 Å². The van der Waals surface area contributed by atoms with E-state index in [2.05, 4.69) is 10.3 Å². The van der Waals surface area contributed by atoms with Crippen LogP contribution in [-0.2, 0) is 0 Å². The third-order valence-electron chi connectivity index (χ3n) is 2.94. The number of hydrogen-bond donors (Lipinski definition) is 2. The molecule has 1 amide bonds. The normalized spacial score (nSPS) is 19.6. The number of rotatable bonds is 0. The van der Waals surface area contributed by atoms with Crippen molar-refractivity contribution < 1.29 is 4.79 Å². The van der Waals surface area contributed by atoms with Gasteiger partial charge in [0.1, 0.15) is 17.2 Å². The van der Waals surface area contributed by atoms with Crippen molar-refractivity contribution in [3.8, 4) is 0 Å². The van der Waals surface area contributed by atoms with E-state index in [0.29, 0.717) is 18.1 Å². The van der Waals surface area contributed by atoms with Crippen molar-refractivity contribution in [2.24, 2.45) is 0 Å². The lowest BCUT2D eigenvalue weighted by Gasteiger charge is -2.23. The van der Waals surface area contributed by atoms with Gasteiger partial charge in [0.15, 0.2) is 0 Å². The summed E-state index contributed by atoms with van der Waals surface area (Å²) in [6, 6.07) is 5.70. The highest BCUT2D eigenvalue weighted by Gasteiger charge is 2.24. The number of aromatic nitrogens is 2. The van der Waals surface area contributed by atoms with E-state index in [0.717, 1.165) is 11.0 Å². The fourth-order valence-corrected chi connectivity index (χ4v) is 2.15. The Hall–Kier alpha value is -2.04. The second-order valence-electron chi connectivity index (χ2n) is 4.11. The standard InChI is InChI=1S/C11H12N4O/c1-6-5-13-11(16)8-4-7-2-3-9(12)14-10(7)15(6)8/h2-4,6H,5H2,1H3,(H2,12,14)(H,13,16)/t6-/m1/s1. The van der Waals surface area contributed by atoms with Crippen LogP contribution in [-0.4, -0.2) is 22.0 Å². The molecule has 0 saturated carbocycles. The number of carbonyl (C=O) groups is 1. The predicted octanol–water partition coefficient (Wildman–Crippen LogP) is 0.923. The first-order valence-electron chi connectivity index (χ1n) is 5.22. The second kappa shape index (κ2) is 2.98. The average molecular weight is 216 g/mol. The molecule has 3 rings (SSSR count). The summed E-state index contributed by atoms with van der Waals surface area (Å²) < 4.78 is 1.95. The fourth-order valence-electron chi connectivity index (χ4n) is 2.15. The zero-order valence-electron chi connectivity index (χ0n) is 8.90. The average Bonchev–Trinajstić information content (AvgIpc) is 2.63. The van der Waals surface area contributed by atoms with Crippen LogP contribution in [0, 0.1) is 0 Å².